The fraction of sp³-hybridized carbons (Fsp3) is 0.700. The number of unbranched alkanes of at least 4 members (excludes halogenated alkanes) is 1. The first kappa shape index (κ1) is 20.8. The van der Waals surface area contributed by atoms with Crippen molar-refractivity contribution in [3.63, 3.8) is 0 Å². The van der Waals surface area contributed by atoms with Crippen molar-refractivity contribution in [2.45, 2.75) is 57.1 Å². The van der Waals surface area contributed by atoms with Gasteiger partial charge in [0.05, 0.1) is 5.57 Å². The summed E-state index contributed by atoms with van der Waals surface area (Å²) in [6, 6.07) is 0. The monoisotopic (exact) mass is 393 g/mol. The molecule has 156 valence electrons. The standard InChI is InChI=1S/C20H31N3O5/c24-18(25)14-17(19(26)27)20(15-16-8-2-5-12-23(16)21-20)28-13-7-6-11-22-9-3-1-4-10-22/h14-15,21H,1-13H2,(H,24,25)(H,26,27)/b17-14+. The highest BCUT2D eigenvalue weighted by Gasteiger charge is 2.45. The van der Waals surface area contributed by atoms with Gasteiger partial charge in [0.2, 0.25) is 0 Å². The van der Waals surface area contributed by atoms with E-state index in [0.29, 0.717) is 6.61 Å². The van der Waals surface area contributed by atoms with Crippen molar-refractivity contribution < 1.29 is 24.5 Å². The van der Waals surface area contributed by atoms with Crippen molar-refractivity contribution in [3.05, 3.63) is 23.4 Å². The smallest absolute Gasteiger partial charge is 0.336 e. The van der Waals surface area contributed by atoms with E-state index in [4.69, 9.17) is 9.84 Å². The molecule has 0 aromatic rings. The zero-order valence-corrected chi connectivity index (χ0v) is 16.4. The van der Waals surface area contributed by atoms with Gasteiger partial charge in [-0.15, -0.1) is 0 Å². The van der Waals surface area contributed by atoms with Crippen LogP contribution in [0.1, 0.15) is 51.4 Å². The number of nitrogens with one attached hydrogen (secondary N) is 1. The summed E-state index contributed by atoms with van der Waals surface area (Å²) >= 11 is 0. The molecule has 2 saturated heterocycles. The Balaban J connectivity index is 1.64. The predicted octanol–water partition coefficient (Wildman–Crippen LogP) is 1.95. The molecular weight excluding hydrogens is 362 g/mol. The number of carbonyl (C=O) groups is 2. The second-order valence-electron chi connectivity index (χ2n) is 7.75. The molecule has 0 aliphatic carbocycles. The Labute approximate surface area is 165 Å². The van der Waals surface area contributed by atoms with E-state index in [1.165, 1.54) is 19.3 Å². The number of hydrogen-bond acceptors (Lipinski definition) is 6. The SMILES string of the molecule is O=C(O)/C=C(\C(=O)O)C1(OCCCCN2CCCCC2)C=C2CCCCN2N1. The molecule has 0 bridgehead atoms. The van der Waals surface area contributed by atoms with Crippen molar-refractivity contribution in [2.75, 3.05) is 32.8 Å². The summed E-state index contributed by atoms with van der Waals surface area (Å²) in [6.45, 7) is 4.44. The molecule has 3 aliphatic heterocycles. The van der Waals surface area contributed by atoms with Crippen LogP contribution in [0.5, 0.6) is 0 Å². The van der Waals surface area contributed by atoms with E-state index in [9.17, 15) is 14.7 Å². The number of ether oxygens (including phenoxy) is 1. The Morgan fingerprint density at radius 3 is 2.54 bits per heavy atom. The quantitative estimate of drug-likeness (QED) is 0.404. The minimum Gasteiger partial charge on any atom is -0.478 e. The summed E-state index contributed by atoms with van der Waals surface area (Å²) in [6.07, 6.45) is 10.9. The molecule has 0 radical (unpaired) electrons. The molecule has 2 fully saturated rings. The molecule has 0 aromatic heterocycles. The zero-order valence-electron chi connectivity index (χ0n) is 16.4. The fourth-order valence-electron chi connectivity index (χ4n) is 4.19. The van der Waals surface area contributed by atoms with Gasteiger partial charge in [-0.1, -0.05) is 6.42 Å². The summed E-state index contributed by atoms with van der Waals surface area (Å²) in [4.78, 5) is 25.5. The van der Waals surface area contributed by atoms with Crippen molar-refractivity contribution >= 4 is 11.9 Å². The highest BCUT2D eigenvalue weighted by molar-refractivity contribution is 5.97. The van der Waals surface area contributed by atoms with Gasteiger partial charge in [-0.25, -0.2) is 9.59 Å². The maximum atomic E-state index is 11.8. The molecule has 28 heavy (non-hydrogen) atoms. The molecule has 1 unspecified atom stereocenters. The number of nitrogens with zero attached hydrogens (tertiary/aromatic N) is 2. The normalized spacial score (nSPS) is 26.1. The minimum absolute atomic E-state index is 0.294. The van der Waals surface area contributed by atoms with Gasteiger partial charge in [0, 0.05) is 24.9 Å². The molecule has 3 heterocycles. The van der Waals surface area contributed by atoms with Gasteiger partial charge in [0.25, 0.3) is 0 Å². The van der Waals surface area contributed by atoms with Crippen molar-refractivity contribution in [2.24, 2.45) is 0 Å². The van der Waals surface area contributed by atoms with Crippen LogP contribution in [-0.2, 0) is 14.3 Å². The lowest BCUT2D eigenvalue weighted by Gasteiger charge is -2.33. The number of piperidine rings is 2. The van der Waals surface area contributed by atoms with Crippen LogP contribution in [0.2, 0.25) is 0 Å². The van der Waals surface area contributed by atoms with Gasteiger partial charge in [0.15, 0.2) is 5.72 Å². The summed E-state index contributed by atoms with van der Waals surface area (Å²) in [5.41, 5.74) is 2.38. The Hall–Kier alpha value is -1.90. The maximum Gasteiger partial charge on any atom is 0.336 e. The number of fused-ring (bicyclic) bond motifs is 1. The number of carboxylic acid groups (broad SMARTS) is 2. The summed E-state index contributed by atoms with van der Waals surface area (Å²) < 4.78 is 6.04. The minimum atomic E-state index is -1.42. The van der Waals surface area contributed by atoms with Gasteiger partial charge < -0.3 is 24.9 Å². The maximum absolute atomic E-state index is 11.8. The lowest BCUT2D eigenvalue weighted by atomic mass is 10.0. The van der Waals surface area contributed by atoms with E-state index in [2.05, 4.69) is 10.3 Å². The number of likely N-dealkylation sites (tertiary alicyclic amines) is 1. The number of hydrazine groups is 1. The number of allylic oxidation sites excluding steroid dienone is 1. The van der Waals surface area contributed by atoms with E-state index < -0.39 is 17.7 Å². The highest BCUT2D eigenvalue weighted by Crippen LogP contribution is 2.34. The van der Waals surface area contributed by atoms with E-state index in [0.717, 1.165) is 70.1 Å². The predicted molar refractivity (Wildman–Crippen MR) is 103 cm³/mol. The van der Waals surface area contributed by atoms with Crippen LogP contribution in [0.15, 0.2) is 23.4 Å². The fourth-order valence-corrected chi connectivity index (χ4v) is 4.19. The van der Waals surface area contributed by atoms with E-state index in [1.807, 2.05) is 5.01 Å². The summed E-state index contributed by atoms with van der Waals surface area (Å²) in [5.74, 6) is -2.59. The van der Waals surface area contributed by atoms with Gasteiger partial charge in [0.1, 0.15) is 0 Å². The number of rotatable bonds is 9. The first-order valence-electron chi connectivity index (χ1n) is 10.3. The Morgan fingerprint density at radius 2 is 1.86 bits per heavy atom. The summed E-state index contributed by atoms with van der Waals surface area (Å²) in [7, 11) is 0. The second-order valence-corrected chi connectivity index (χ2v) is 7.75. The van der Waals surface area contributed by atoms with Crippen LogP contribution in [0.4, 0.5) is 0 Å². The van der Waals surface area contributed by atoms with Crippen LogP contribution in [0.3, 0.4) is 0 Å². The molecule has 8 heteroatoms. The van der Waals surface area contributed by atoms with E-state index in [1.54, 1.807) is 6.08 Å². The third kappa shape index (κ3) is 5.12. The average Bonchev–Trinajstić information content (AvgIpc) is 3.05. The van der Waals surface area contributed by atoms with Gasteiger partial charge in [-0.05, 0) is 70.7 Å². The summed E-state index contributed by atoms with van der Waals surface area (Å²) in [5, 5.41) is 20.7. The van der Waals surface area contributed by atoms with Crippen LogP contribution in [0.25, 0.3) is 0 Å². The highest BCUT2D eigenvalue weighted by atomic mass is 16.5. The van der Waals surface area contributed by atoms with E-state index >= 15 is 0 Å². The topological polar surface area (TPSA) is 102 Å². The molecular formula is C20H31N3O5. The average molecular weight is 393 g/mol. The van der Waals surface area contributed by atoms with Crippen LogP contribution in [-0.4, -0.2) is 70.6 Å². The molecule has 0 aromatic carbocycles. The molecule has 0 spiro atoms. The van der Waals surface area contributed by atoms with Crippen molar-refractivity contribution in [3.8, 4) is 0 Å². The molecule has 1 atom stereocenters. The lowest BCUT2D eigenvalue weighted by molar-refractivity contribution is -0.139. The molecule has 3 rings (SSSR count). The second kappa shape index (κ2) is 9.54. The number of aliphatic carboxylic acids is 2. The molecule has 0 saturated carbocycles. The Morgan fingerprint density at radius 1 is 1.11 bits per heavy atom. The van der Waals surface area contributed by atoms with E-state index in [-0.39, 0.29) is 5.57 Å². The molecule has 3 aliphatic rings. The van der Waals surface area contributed by atoms with Crippen LogP contribution in [0, 0.1) is 0 Å². The Bertz CT molecular complexity index is 642. The third-order valence-electron chi connectivity index (χ3n) is 5.63. The largest absolute Gasteiger partial charge is 0.478 e. The zero-order chi connectivity index (χ0) is 20.0. The lowest BCUT2D eigenvalue weighted by Crippen LogP contribution is -2.53. The number of carboxylic acids is 2. The van der Waals surface area contributed by atoms with Crippen molar-refractivity contribution in [1.82, 2.24) is 15.3 Å². The van der Waals surface area contributed by atoms with Gasteiger partial charge in [-0.3, -0.25) is 0 Å². The first-order valence-corrected chi connectivity index (χ1v) is 10.3. The third-order valence-corrected chi connectivity index (χ3v) is 5.63. The number of hydrogen-bond donors (Lipinski definition) is 3. The molecule has 8 nitrogen and oxygen atoms in total. The Kier molecular flexibility index (Phi) is 7.09. The van der Waals surface area contributed by atoms with Crippen molar-refractivity contribution in [1.29, 1.82) is 0 Å². The van der Waals surface area contributed by atoms with Crippen LogP contribution >= 0.6 is 0 Å². The first-order chi connectivity index (χ1) is 13.5. The molecule has 3 N–H and O–H groups in total. The van der Waals surface area contributed by atoms with Gasteiger partial charge in [-0.2, -0.15) is 5.43 Å². The molecule has 0 amide bonds. The van der Waals surface area contributed by atoms with Gasteiger partial charge >= 0.3 is 11.9 Å². The van der Waals surface area contributed by atoms with Crippen LogP contribution < -0.4 is 5.43 Å².